The summed E-state index contributed by atoms with van der Waals surface area (Å²) in [5.41, 5.74) is 11.5. The van der Waals surface area contributed by atoms with Gasteiger partial charge in [-0.2, -0.15) is 0 Å². The number of fused-ring (bicyclic) bond motifs is 2. The van der Waals surface area contributed by atoms with E-state index in [1.165, 1.54) is 12.8 Å². The minimum absolute atomic E-state index is 0.000544. The molecule has 36 heavy (non-hydrogen) atoms. The molecule has 2 aliphatic rings. The predicted molar refractivity (Wildman–Crippen MR) is 142 cm³/mol. The van der Waals surface area contributed by atoms with Crippen molar-refractivity contribution >= 4 is 33.6 Å². The molecule has 0 bridgehead atoms. The molecule has 2 aromatic heterocycles. The van der Waals surface area contributed by atoms with Crippen molar-refractivity contribution in [2.24, 2.45) is 17.6 Å². The fraction of sp³-hybridized carbons (Fsp3) is 0.400. The minimum Gasteiger partial charge on any atom is -0.454 e. The zero-order valence-electron chi connectivity index (χ0n) is 21.4. The number of rotatable bonds is 5. The Hall–Kier alpha value is -3.38. The van der Waals surface area contributed by atoms with Crippen LogP contribution in [0.4, 0.5) is 0 Å². The van der Waals surface area contributed by atoms with Gasteiger partial charge in [0.25, 0.3) is 5.91 Å². The number of amides is 1. The highest BCUT2D eigenvalue weighted by molar-refractivity contribution is 6.01. The second-order valence-corrected chi connectivity index (χ2v) is 10.9. The van der Waals surface area contributed by atoms with E-state index in [4.69, 9.17) is 10.2 Å². The number of hydrogen-bond acceptors (Lipinski definition) is 4. The lowest BCUT2D eigenvalue weighted by molar-refractivity contribution is 0.0739. The number of likely N-dealkylation sites (tertiary alicyclic amines) is 1. The van der Waals surface area contributed by atoms with Crippen LogP contribution in [-0.4, -0.2) is 39.8 Å². The van der Waals surface area contributed by atoms with Crippen LogP contribution >= 0.6 is 0 Å². The fourth-order valence-electron chi connectivity index (χ4n) is 5.73. The second kappa shape index (κ2) is 8.34. The Balaban J connectivity index is 1.43. The number of furan rings is 1. The third-order valence-electron chi connectivity index (χ3n) is 8.32. The number of Topliss-reactive ketones (excluding diaryl/α,β-unsaturated/α-hetero) is 1. The van der Waals surface area contributed by atoms with Gasteiger partial charge in [-0.25, -0.2) is 0 Å². The third-order valence-corrected chi connectivity index (χ3v) is 8.32. The molecule has 2 fully saturated rings. The van der Waals surface area contributed by atoms with Crippen molar-refractivity contribution in [3.63, 3.8) is 0 Å². The summed E-state index contributed by atoms with van der Waals surface area (Å²) in [6.45, 7) is 9.38. The first-order chi connectivity index (χ1) is 17.2. The number of aryl methyl sites for hydroxylation is 1. The van der Waals surface area contributed by atoms with Gasteiger partial charge in [0, 0.05) is 58.2 Å². The molecule has 2 N–H and O–H groups in total. The summed E-state index contributed by atoms with van der Waals surface area (Å²) < 4.78 is 8.78. The molecular weight excluding hydrogens is 450 g/mol. The molecule has 0 radical (unpaired) electrons. The molecule has 4 aromatic rings. The van der Waals surface area contributed by atoms with E-state index in [9.17, 15) is 9.59 Å². The van der Waals surface area contributed by atoms with Crippen LogP contribution in [0.25, 0.3) is 33.3 Å². The van der Waals surface area contributed by atoms with E-state index < -0.39 is 0 Å². The smallest absolute Gasteiger partial charge is 0.254 e. The predicted octanol–water partition coefficient (Wildman–Crippen LogP) is 5.78. The first kappa shape index (κ1) is 23.0. The Kier molecular flexibility index (Phi) is 5.34. The fourth-order valence-corrected chi connectivity index (χ4v) is 5.73. The molecule has 3 unspecified atom stereocenters. The molecule has 2 aromatic carbocycles. The first-order valence-corrected chi connectivity index (χ1v) is 13.0. The molecule has 6 heteroatoms. The van der Waals surface area contributed by atoms with Crippen molar-refractivity contribution in [1.29, 1.82) is 0 Å². The lowest BCUT2D eigenvalue weighted by atomic mass is 10.0. The number of carbonyl (C=O) groups excluding carboxylic acids is 2. The van der Waals surface area contributed by atoms with Gasteiger partial charge in [-0.3, -0.25) is 9.59 Å². The Morgan fingerprint density at radius 2 is 1.81 bits per heavy atom. The van der Waals surface area contributed by atoms with Gasteiger partial charge in [-0.15, -0.1) is 0 Å². The number of nitrogens with zero attached hydrogens (tertiary/aromatic N) is 2. The Morgan fingerprint density at radius 1 is 1.06 bits per heavy atom. The molecule has 186 valence electrons. The maximum absolute atomic E-state index is 13.3. The lowest BCUT2D eigenvalue weighted by Crippen LogP contribution is -2.40. The van der Waals surface area contributed by atoms with Crippen LogP contribution in [0, 0.1) is 18.8 Å². The van der Waals surface area contributed by atoms with Crippen LogP contribution in [0.15, 0.2) is 46.9 Å². The van der Waals surface area contributed by atoms with Gasteiger partial charge >= 0.3 is 0 Å². The largest absolute Gasteiger partial charge is 0.454 e. The van der Waals surface area contributed by atoms with Gasteiger partial charge in [0.15, 0.2) is 11.5 Å². The van der Waals surface area contributed by atoms with Gasteiger partial charge < -0.3 is 19.6 Å². The van der Waals surface area contributed by atoms with Crippen molar-refractivity contribution in [2.45, 2.75) is 59.2 Å². The SMILES string of the molecule is CC(=O)c1ccc2cc(-c3oc4cc(C(=O)N5CC(C)C(N)C5C)ccc4c3C)n(CC3CC3)c2c1. The van der Waals surface area contributed by atoms with Crippen molar-refractivity contribution in [2.75, 3.05) is 6.54 Å². The molecule has 1 aliphatic heterocycles. The maximum atomic E-state index is 13.3. The summed E-state index contributed by atoms with van der Waals surface area (Å²) in [7, 11) is 0. The quantitative estimate of drug-likeness (QED) is 0.365. The third kappa shape index (κ3) is 3.66. The van der Waals surface area contributed by atoms with E-state index in [-0.39, 0.29) is 29.7 Å². The highest BCUT2D eigenvalue weighted by Crippen LogP contribution is 2.40. The zero-order valence-corrected chi connectivity index (χ0v) is 21.4. The van der Waals surface area contributed by atoms with E-state index in [2.05, 4.69) is 24.5 Å². The van der Waals surface area contributed by atoms with E-state index in [1.807, 2.05) is 48.2 Å². The molecular formula is C30H33N3O3. The molecule has 1 saturated carbocycles. The van der Waals surface area contributed by atoms with E-state index >= 15 is 0 Å². The van der Waals surface area contributed by atoms with Crippen LogP contribution in [0.3, 0.4) is 0 Å². The highest BCUT2D eigenvalue weighted by atomic mass is 16.3. The second-order valence-electron chi connectivity index (χ2n) is 10.9. The summed E-state index contributed by atoms with van der Waals surface area (Å²) in [5.74, 6) is 1.82. The van der Waals surface area contributed by atoms with Gasteiger partial charge in [0.2, 0.25) is 0 Å². The van der Waals surface area contributed by atoms with Crippen molar-refractivity contribution in [1.82, 2.24) is 9.47 Å². The number of nitrogens with two attached hydrogens (primary N) is 1. The molecule has 3 atom stereocenters. The number of hydrogen-bond donors (Lipinski definition) is 1. The van der Waals surface area contributed by atoms with Gasteiger partial charge in [-0.1, -0.05) is 25.1 Å². The normalized spacial score (nSPS) is 22.1. The highest BCUT2D eigenvalue weighted by Gasteiger charge is 2.37. The average molecular weight is 484 g/mol. The van der Waals surface area contributed by atoms with E-state index in [0.717, 1.165) is 45.4 Å². The molecule has 3 heterocycles. The summed E-state index contributed by atoms with van der Waals surface area (Å²) >= 11 is 0. The Bertz CT molecular complexity index is 1520. The number of carbonyl (C=O) groups is 2. The minimum atomic E-state index is -0.00737. The summed E-state index contributed by atoms with van der Waals surface area (Å²) in [5, 5.41) is 2.11. The van der Waals surface area contributed by atoms with Crippen LogP contribution in [-0.2, 0) is 6.54 Å². The van der Waals surface area contributed by atoms with Crippen LogP contribution < -0.4 is 5.73 Å². The van der Waals surface area contributed by atoms with Crippen molar-refractivity contribution in [3.8, 4) is 11.5 Å². The average Bonchev–Trinajstić information content (AvgIpc) is 3.47. The van der Waals surface area contributed by atoms with E-state index in [1.54, 1.807) is 6.92 Å². The monoisotopic (exact) mass is 483 g/mol. The topological polar surface area (TPSA) is 81.5 Å². The van der Waals surface area contributed by atoms with Crippen molar-refractivity contribution < 1.29 is 14.0 Å². The summed E-state index contributed by atoms with van der Waals surface area (Å²) in [4.78, 5) is 27.3. The van der Waals surface area contributed by atoms with Crippen LogP contribution in [0.2, 0.25) is 0 Å². The summed E-state index contributed by atoms with van der Waals surface area (Å²) in [6.07, 6.45) is 2.46. The molecule has 1 amide bonds. The molecule has 0 spiro atoms. The van der Waals surface area contributed by atoms with E-state index in [0.29, 0.717) is 23.6 Å². The zero-order chi connectivity index (χ0) is 25.3. The van der Waals surface area contributed by atoms with Crippen LogP contribution in [0.5, 0.6) is 0 Å². The molecule has 1 aliphatic carbocycles. The van der Waals surface area contributed by atoms with Crippen molar-refractivity contribution in [3.05, 3.63) is 59.2 Å². The lowest BCUT2D eigenvalue weighted by Gasteiger charge is -2.23. The molecule has 6 nitrogen and oxygen atoms in total. The molecule has 1 saturated heterocycles. The standard InChI is InChI=1S/C30H33N3O3/c1-16-14-32(18(3)28(16)31)30(35)23-9-10-24-17(2)29(36-27(24)13-23)26-12-22-8-7-21(19(4)34)11-25(22)33(26)15-20-5-6-20/h7-13,16,18,20,28H,5-6,14-15,31H2,1-4H3. The maximum Gasteiger partial charge on any atom is 0.254 e. The van der Waals surface area contributed by atoms with Gasteiger partial charge in [-0.05, 0) is 69.7 Å². The van der Waals surface area contributed by atoms with Gasteiger partial charge in [0.05, 0.1) is 5.69 Å². The van der Waals surface area contributed by atoms with Crippen LogP contribution in [0.1, 0.15) is 59.9 Å². The Labute approximate surface area is 211 Å². The first-order valence-electron chi connectivity index (χ1n) is 13.0. The summed E-state index contributed by atoms with van der Waals surface area (Å²) in [6, 6.07) is 13.9. The number of aromatic nitrogens is 1. The molecule has 6 rings (SSSR count). The number of benzene rings is 2. The Morgan fingerprint density at radius 3 is 2.47 bits per heavy atom. The number of ketones is 1. The van der Waals surface area contributed by atoms with Gasteiger partial charge in [0.1, 0.15) is 5.58 Å².